The normalized spacial score (nSPS) is 12.4. The third-order valence-corrected chi connectivity index (χ3v) is 3.61. The van der Waals surface area contributed by atoms with Gasteiger partial charge in [0.15, 0.2) is 0 Å². The molecule has 100 valence electrons. The highest BCUT2D eigenvalue weighted by atomic mass is 79.9. The van der Waals surface area contributed by atoms with Gasteiger partial charge in [-0.15, -0.1) is 0 Å². The van der Waals surface area contributed by atoms with Gasteiger partial charge in [-0.05, 0) is 41.8 Å². The maximum absolute atomic E-state index is 13.3. The number of anilines is 1. The van der Waals surface area contributed by atoms with E-state index in [1.54, 1.807) is 18.3 Å². The van der Waals surface area contributed by atoms with Gasteiger partial charge in [0.2, 0.25) is 0 Å². The minimum Gasteiger partial charge on any atom is -0.383 e. The maximum atomic E-state index is 13.3. The van der Waals surface area contributed by atoms with Crippen LogP contribution < -0.4 is 17.0 Å². The topological polar surface area (TPSA) is 77.0 Å². The lowest BCUT2D eigenvalue weighted by Crippen LogP contribution is -2.30. The van der Waals surface area contributed by atoms with Gasteiger partial charge in [-0.2, -0.15) is 0 Å². The van der Waals surface area contributed by atoms with Gasteiger partial charge in [-0.3, -0.25) is 11.3 Å². The number of nitrogens with zero attached hydrogens (tertiary/aromatic N) is 1. The Hall–Kier alpha value is -1.50. The third-order valence-electron chi connectivity index (χ3n) is 2.88. The van der Waals surface area contributed by atoms with Crippen LogP contribution in [0.5, 0.6) is 0 Å². The number of halogens is 2. The molecule has 2 aromatic rings. The number of nitrogen functional groups attached to an aromatic ring is 1. The van der Waals surface area contributed by atoms with Crippen molar-refractivity contribution < 1.29 is 4.39 Å². The van der Waals surface area contributed by atoms with Crippen LogP contribution in [-0.2, 0) is 6.42 Å². The van der Waals surface area contributed by atoms with Gasteiger partial charge in [0.05, 0.1) is 6.04 Å². The molecule has 0 amide bonds. The molecular formula is C13H14BrFN4. The summed E-state index contributed by atoms with van der Waals surface area (Å²) >= 11 is 3.39. The summed E-state index contributed by atoms with van der Waals surface area (Å²) in [7, 11) is 0. The van der Waals surface area contributed by atoms with Crippen LogP contribution in [0.15, 0.2) is 41.0 Å². The Morgan fingerprint density at radius 1 is 1.37 bits per heavy atom. The lowest BCUT2D eigenvalue weighted by molar-refractivity contribution is 0.542. The molecule has 19 heavy (non-hydrogen) atoms. The minimum atomic E-state index is -0.308. The van der Waals surface area contributed by atoms with Crippen LogP contribution in [0, 0.1) is 5.82 Å². The smallest absolute Gasteiger partial charge is 0.126 e. The van der Waals surface area contributed by atoms with Crippen molar-refractivity contribution in [3.63, 3.8) is 0 Å². The number of rotatable bonds is 4. The molecule has 0 aliphatic rings. The fourth-order valence-electron chi connectivity index (χ4n) is 1.88. The standard InChI is InChI=1S/C13H14BrFN4/c14-11-4-3-9(15)7-10(11)12(19-17)6-8-2-1-5-18-13(8)16/h1-5,7,12,19H,6,17H2,(H2,16,18). The van der Waals surface area contributed by atoms with Gasteiger partial charge in [0, 0.05) is 10.7 Å². The molecule has 0 spiro atoms. The number of pyridine rings is 1. The Labute approximate surface area is 119 Å². The zero-order chi connectivity index (χ0) is 13.8. The first-order chi connectivity index (χ1) is 9.11. The first kappa shape index (κ1) is 13.9. The van der Waals surface area contributed by atoms with Crippen molar-refractivity contribution in [3.05, 3.63) is 57.9 Å². The molecule has 1 aromatic heterocycles. The molecule has 2 rings (SSSR count). The van der Waals surface area contributed by atoms with Crippen molar-refractivity contribution in [1.29, 1.82) is 0 Å². The van der Waals surface area contributed by atoms with Gasteiger partial charge < -0.3 is 5.73 Å². The van der Waals surface area contributed by atoms with Crippen LogP contribution >= 0.6 is 15.9 Å². The van der Waals surface area contributed by atoms with E-state index in [-0.39, 0.29) is 11.9 Å². The fraction of sp³-hybridized carbons (Fsp3) is 0.154. The average molecular weight is 325 g/mol. The maximum Gasteiger partial charge on any atom is 0.126 e. The van der Waals surface area contributed by atoms with E-state index in [0.717, 1.165) is 15.6 Å². The molecule has 1 aromatic carbocycles. The Morgan fingerprint density at radius 3 is 2.84 bits per heavy atom. The van der Waals surface area contributed by atoms with Crippen LogP contribution in [-0.4, -0.2) is 4.98 Å². The van der Waals surface area contributed by atoms with Gasteiger partial charge in [-0.1, -0.05) is 22.0 Å². The Bertz CT molecular complexity index is 576. The number of hydrogen-bond donors (Lipinski definition) is 3. The summed E-state index contributed by atoms with van der Waals surface area (Å²) < 4.78 is 14.1. The number of nitrogens with two attached hydrogens (primary N) is 2. The molecule has 0 aliphatic heterocycles. The number of hydrogen-bond acceptors (Lipinski definition) is 4. The van der Waals surface area contributed by atoms with Crippen LogP contribution in [0.2, 0.25) is 0 Å². The Balaban J connectivity index is 2.30. The van der Waals surface area contributed by atoms with Crippen molar-refractivity contribution in [2.24, 2.45) is 5.84 Å². The Morgan fingerprint density at radius 2 is 2.16 bits per heavy atom. The highest BCUT2D eigenvalue weighted by Gasteiger charge is 2.16. The van der Waals surface area contributed by atoms with Crippen LogP contribution in [0.3, 0.4) is 0 Å². The minimum absolute atomic E-state index is 0.253. The first-order valence-electron chi connectivity index (χ1n) is 5.72. The first-order valence-corrected chi connectivity index (χ1v) is 6.51. The molecule has 1 atom stereocenters. The Kier molecular flexibility index (Phi) is 4.47. The van der Waals surface area contributed by atoms with E-state index < -0.39 is 0 Å². The van der Waals surface area contributed by atoms with Gasteiger partial charge in [0.25, 0.3) is 0 Å². The molecule has 0 bridgehead atoms. The second-order valence-electron chi connectivity index (χ2n) is 4.14. The van der Waals surface area contributed by atoms with Crippen molar-refractivity contribution in [2.75, 3.05) is 5.73 Å². The molecule has 0 aliphatic carbocycles. The van der Waals surface area contributed by atoms with E-state index in [4.69, 9.17) is 11.6 Å². The van der Waals surface area contributed by atoms with Crippen molar-refractivity contribution in [1.82, 2.24) is 10.4 Å². The molecule has 4 nitrogen and oxygen atoms in total. The zero-order valence-corrected chi connectivity index (χ0v) is 11.7. The van der Waals surface area contributed by atoms with E-state index >= 15 is 0 Å². The van der Waals surface area contributed by atoms with Gasteiger partial charge >= 0.3 is 0 Å². The summed E-state index contributed by atoms with van der Waals surface area (Å²) in [4.78, 5) is 4.02. The van der Waals surface area contributed by atoms with E-state index in [1.807, 2.05) is 6.07 Å². The summed E-state index contributed by atoms with van der Waals surface area (Å²) in [5, 5.41) is 0. The molecular weight excluding hydrogens is 311 g/mol. The number of benzene rings is 1. The molecule has 1 unspecified atom stereocenters. The molecule has 0 fully saturated rings. The van der Waals surface area contributed by atoms with Crippen LogP contribution in [0.4, 0.5) is 10.2 Å². The quantitative estimate of drug-likeness (QED) is 0.595. The van der Waals surface area contributed by atoms with Crippen molar-refractivity contribution in [2.45, 2.75) is 12.5 Å². The predicted molar refractivity (Wildman–Crippen MR) is 76.5 cm³/mol. The molecule has 0 saturated carbocycles. The lowest BCUT2D eigenvalue weighted by Gasteiger charge is -2.18. The van der Waals surface area contributed by atoms with Gasteiger partial charge in [0.1, 0.15) is 11.6 Å². The number of hydrazine groups is 1. The molecule has 0 radical (unpaired) electrons. The van der Waals surface area contributed by atoms with E-state index in [9.17, 15) is 4.39 Å². The monoisotopic (exact) mass is 324 g/mol. The van der Waals surface area contributed by atoms with Crippen LogP contribution in [0.1, 0.15) is 17.2 Å². The second kappa shape index (κ2) is 6.10. The lowest BCUT2D eigenvalue weighted by atomic mass is 10.00. The molecule has 1 heterocycles. The highest BCUT2D eigenvalue weighted by molar-refractivity contribution is 9.10. The molecule has 6 heteroatoms. The highest BCUT2D eigenvalue weighted by Crippen LogP contribution is 2.27. The zero-order valence-electron chi connectivity index (χ0n) is 10.1. The van der Waals surface area contributed by atoms with Gasteiger partial charge in [-0.25, -0.2) is 9.37 Å². The third kappa shape index (κ3) is 3.28. The molecule has 0 saturated heterocycles. The summed E-state index contributed by atoms with van der Waals surface area (Å²) in [5.41, 5.74) is 10.1. The van der Waals surface area contributed by atoms with E-state index in [0.29, 0.717) is 12.2 Å². The fourth-order valence-corrected chi connectivity index (χ4v) is 2.41. The SMILES string of the molecule is NNC(Cc1cccnc1N)c1cc(F)ccc1Br. The average Bonchev–Trinajstić information content (AvgIpc) is 2.41. The predicted octanol–water partition coefficient (Wildman–Crippen LogP) is 2.31. The van der Waals surface area contributed by atoms with E-state index in [1.165, 1.54) is 12.1 Å². The van der Waals surface area contributed by atoms with Crippen molar-refractivity contribution >= 4 is 21.7 Å². The van der Waals surface area contributed by atoms with E-state index in [2.05, 4.69) is 26.3 Å². The number of nitrogens with one attached hydrogen (secondary N) is 1. The largest absolute Gasteiger partial charge is 0.383 e. The van der Waals surface area contributed by atoms with Crippen LogP contribution in [0.25, 0.3) is 0 Å². The summed E-state index contributed by atoms with van der Waals surface area (Å²) in [5.74, 6) is 5.71. The summed E-state index contributed by atoms with van der Waals surface area (Å²) in [6.45, 7) is 0. The summed E-state index contributed by atoms with van der Waals surface area (Å²) in [6.07, 6.45) is 2.15. The van der Waals surface area contributed by atoms with Crippen molar-refractivity contribution in [3.8, 4) is 0 Å². The summed E-state index contributed by atoms with van der Waals surface area (Å²) in [6, 6.07) is 7.92. The second-order valence-corrected chi connectivity index (χ2v) is 4.99. The number of aromatic nitrogens is 1. The molecule has 5 N–H and O–H groups in total.